The molecule has 1 rings (SSSR count). The first kappa shape index (κ1) is 84.8. The lowest BCUT2D eigenvalue weighted by Crippen LogP contribution is -2.76. The third-order valence-electron chi connectivity index (χ3n) is 12.7. The predicted molar refractivity (Wildman–Crippen MR) is 211 cm³/mol. The van der Waals surface area contributed by atoms with E-state index in [4.69, 9.17) is 14.2 Å². The van der Waals surface area contributed by atoms with Crippen molar-refractivity contribution in [2.24, 2.45) is 0 Å². The average molecular weight is 1440 g/mol. The van der Waals surface area contributed by atoms with Gasteiger partial charge >= 0.3 is 119 Å². The lowest BCUT2D eigenvalue weighted by molar-refractivity contribution is -0.474. The molecule has 0 spiro atoms. The second-order valence-corrected chi connectivity index (χ2v) is 18.9. The standard InChI is InChI=1S/C41H42F42N2O5/c42-22(43,24(46,47)26(50,51)28(54,55)30(58,59)32(62,63)34(66,67)36(70,71)38(74,75)40(78,79)80)4-13-87-15-7-84-6-2-1-3-12-86-20-21-90-19-11-85(10-18-89-17-8-84)9-16-88-14-5-23(44,45)25(48,49)27(52,53)29(56,57)31(60,61)33(64,65)35(68,69)37(72,73)39(76,77)41(81,82)83/h1-21H2. The van der Waals surface area contributed by atoms with E-state index < -0.39 is 185 Å². The molecule has 540 valence electrons. The Kier molecular flexibility index (Phi) is 26.2. The van der Waals surface area contributed by atoms with Crippen LogP contribution in [0.3, 0.4) is 0 Å². The highest BCUT2D eigenvalue weighted by atomic mass is 19.5. The summed E-state index contributed by atoms with van der Waals surface area (Å²) in [6.07, 6.45) is -21.7. The Bertz CT molecular complexity index is 2090. The van der Waals surface area contributed by atoms with Crippen molar-refractivity contribution in [1.29, 1.82) is 0 Å². The molecule has 0 saturated carbocycles. The van der Waals surface area contributed by atoms with Gasteiger partial charge in [0.2, 0.25) is 0 Å². The maximum Gasteiger partial charge on any atom is 0.460 e. The van der Waals surface area contributed by atoms with E-state index in [9.17, 15) is 184 Å². The molecule has 1 heterocycles. The second-order valence-electron chi connectivity index (χ2n) is 18.9. The molecule has 90 heavy (non-hydrogen) atoms. The summed E-state index contributed by atoms with van der Waals surface area (Å²) in [5.41, 5.74) is 0. The van der Waals surface area contributed by atoms with E-state index in [2.05, 4.69) is 9.47 Å². The van der Waals surface area contributed by atoms with Crippen LogP contribution in [-0.4, -0.2) is 234 Å². The van der Waals surface area contributed by atoms with E-state index in [0.717, 1.165) is 4.90 Å². The minimum absolute atomic E-state index is 0.00178. The highest BCUT2D eigenvalue weighted by molar-refractivity contribution is 5.20. The molecule has 0 amide bonds. The SMILES string of the molecule is FC(F)(F)C(F)(F)C(F)(F)C(F)(F)C(F)(F)C(F)(F)C(F)(F)C(F)(F)C(F)(F)C(F)(F)CCOCCN1CCCCCOCCOCCN(CCOCCC(F)(F)C(F)(F)C(F)(F)C(F)(F)C(F)(F)C(F)(F)C(F)(F)C(F)(F)C(F)(F)C(F)(F)F)CCOCC1. The lowest BCUT2D eigenvalue weighted by atomic mass is 9.86. The van der Waals surface area contributed by atoms with E-state index in [1.165, 1.54) is 4.90 Å². The molecule has 0 aromatic rings. The third-order valence-corrected chi connectivity index (χ3v) is 12.7. The summed E-state index contributed by atoms with van der Waals surface area (Å²) in [5.74, 6) is -158. The summed E-state index contributed by atoms with van der Waals surface area (Å²) in [4.78, 5) is 2.40. The zero-order valence-electron chi connectivity index (χ0n) is 43.7. The Labute approximate surface area is 474 Å². The first-order chi connectivity index (χ1) is 39.7. The molecule has 0 radical (unpaired) electrons. The maximum absolute atomic E-state index is 14.4. The smallest absolute Gasteiger partial charge is 0.380 e. The fraction of sp³-hybridized carbons (Fsp3) is 1.00. The molecule has 0 atom stereocenters. The van der Waals surface area contributed by atoms with Crippen LogP contribution in [0.2, 0.25) is 0 Å². The van der Waals surface area contributed by atoms with Crippen LogP contribution in [0.4, 0.5) is 184 Å². The lowest BCUT2D eigenvalue weighted by Gasteiger charge is -2.44. The van der Waals surface area contributed by atoms with Gasteiger partial charge in [0.1, 0.15) is 0 Å². The van der Waals surface area contributed by atoms with Crippen molar-refractivity contribution in [2.75, 3.05) is 105 Å². The molecule has 0 aromatic carbocycles. The van der Waals surface area contributed by atoms with Gasteiger partial charge in [0.05, 0.1) is 59.5 Å². The van der Waals surface area contributed by atoms with E-state index in [-0.39, 0.29) is 65.4 Å². The van der Waals surface area contributed by atoms with Gasteiger partial charge in [-0.3, -0.25) is 9.80 Å². The second kappa shape index (κ2) is 27.9. The van der Waals surface area contributed by atoms with Crippen molar-refractivity contribution in [1.82, 2.24) is 9.80 Å². The summed E-state index contributed by atoms with van der Waals surface area (Å²) >= 11 is 0. The van der Waals surface area contributed by atoms with Gasteiger partial charge in [-0.05, 0) is 25.8 Å². The van der Waals surface area contributed by atoms with E-state index in [1.54, 1.807) is 0 Å². The number of alkyl halides is 42. The van der Waals surface area contributed by atoms with Crippen molar-refractivity contribution in [3.63, 3.8) is 0 Å². The Morgan fingerprint density at radius 2 is 0.444 bits per heavy atom. The van der Waals surface area contributed by atoms with Crippen molar-refractivity contribution >= 4 is 0 Å². The van der Waals surface area contributed by atoms with Crippen molar-refractivity contribution in [3.05, 3.63) is 0 Å². The Hall–Kier alpha value is -3.22. The normalized spacial score (nSPS) is 18.9. The summed E-state index contributed by atoms with van der Waals surface area (Å²) in [7, 11) is 0. The van der Waals surface area contributed by atoms with Crippen molar-refractivity contribution in [3.8, 4) is 0 Å². The molecule has 0 aromatic heterocycles. The molecule has 0 bridgehead atoms. The molecule has 0 aliphatic carbocycles. The van der Waals surface area contributed by atoms with Gasteiger partial charge in [-0.25, -0.2) is 0 Å². The van der Waals surface area contributed by atoms with Crippen LogP contribution in [0.25, 0.3) is 0 Å². The Balaban J connectivity index is 3.13. The highest BCUT2D eigenvalue weighted by Crippen LogP contribution is 2.69. The molecule has 0 unspecified atom stereocenters. The fourth-order valence-corrected chi connectivity index (χ4v) is 6.88. The van der Waals surface area contributed by atoms with Crippen LogP contribution >= 0.6 is 0 Å². The summed E-state index contributed by atoms with van der Waals surface area (Å²) < 4.78 is 601. The van der Waals surface area contributed by atoms with Gasteiger partial charge in [-0.2, -0.15) is 184 Å². The first-order valence-electron chi connectivity index (χ1n) is 23.9. The number of hydrogen-bond acceptors (Lipinski definition) is 7. The van der Waals surface area contributed by atoms with E-state index in [0.29, 0.717) is 6.42 Å². The topological polar surface area (TPSA) is 52.6 Å². The van der Waals surface area contributed by atoms with E-state index >= 15 is 0 Å². The zero-order chi connectivity index (χ0) is 71.5. The van der Waals surface area contributed by atoms with Crippen LogP contribution in [-0.2, 0) is 23.7 Å². The van der Waals surface area contributed by atoms with E-state index in [1.807, 2.05) is 0 Å². The van der Waals surface area contributed by atoms with Crippen molar-refractivity contribution in [2.45, 2.75) is 151 Å². The zero-order valence-corrected chi connectivity index (χ0v) is 43.7. The van der Waals surface area contributed by atoms with Gasteiger partial charge in [0, 0.05) is 52.2 Å². The molecule has 1 fully saturated rings. The Morgan fingerprint density at radius 3 is 0.711 bits per heavy atom. The van der Waals surface area contributed by atoms with Gasteiger partial charge in [0.15, 0.2) is 0 Å². The third kappa shape index (κ3) is 15.1. The molecule has 49 heteroatoms. The van der Waals surface area contributed by atoms with Gasteiger partial charge in [-0.1, -0.05) is 0 Å². The first-order valence-corrected chi connectivity index (χ1v) is 23.9. The van der Waals surface area contributed by atoms with Gasteiger partial charge in [0.25, 0.3) is 0 Å². The number of ether oxygens (including phenoxy) is 5. The quantitative estimate of drug-likeness (QED) is 0.0571. The fourth-order valence-electron chi connectivity index (χ4n) is 6.88. The minimum atomic E-state index is -9.37. The Morgan fingerprint density at radius 1 is 0.222 bits per heavy atom. The number of rotatable bonds is 28. The molecule has 1 saturated heterocycles. The van der Waals surface area contributed by atoms with Crippen LogP contribution < -0.4 is 0 Å². The van der Waals surface area contributed by atoms with Crippen LogP contribution in [0.5, 0.6) is 0 Å². The molecular weight excluding hydrogens is 1400 g/mol. The minimum Gasteiger partial charge on any atom is -0.380 e. The number of nitrogens with zero attached hydrogens (tertiary/aromatic N) is 2. The average Bonchev–Trinajstić information content (AvgIpc) is 0.697. The van der Waals surface area contributed by atoms with Crippen LogP contribution in [0.15, 0.2) is 0 Å². The summed E-state index contributed by atoms with van der Waals surface area (Å²) in [6.45, 7) is -10.0. The molecule has 7 nitrogen and oxygen atoms in total. The highest BCUT2D eigenvalue weighted by Gasteiger charge is 3.00. The monoisotopic (exact) mass is 1440 g/mol. The van der Waals surface area contributed by atoms with Crippen LogP contribution in [0.1, 0.15) is 32.1 Å². The largest absolute Gasteiger partial charge is 0.460 e. The van der Waals surface area contributed by atoms with Gasteiger partial charge < -0.3 is 23.7 Å². The molecule has 1 aliphatic rings. The predicted octanol–water partition coefficient (Wildman–Crippen LogP) is 15.2. The van der Waals surface area contributed by atoms with Crippen molar-refractivity contribution < 1.29 is 208 Å². The van der Waals surface area contributed by atoms with Gasteiger partial charge in [-0.15, -0.1) is 0 Å². The summed E-state index contributed by atoms with van der Waals surface area (Å²) in [5, 5.41) is 0. The molecule has 1 aliphatic heterocycles. The molecular formula is C41H42F42N2O5. The number of halogens is 42. The summed E-state index contributed by atoms with van der Waals surface area (Å²) in [6, 6.07) is 0. The maximum atomic E-state index is 14.4. The number of hydrogen-bond donors (Lipinski definition) is 0. The van der Waals surface area contributed by atoms with Crippen LogP contribution in [0, 0.1) is 0 Å². The molecule has 0 N–H and O–H groups in total.